The molecule has 0 aliphatic rings. The molecule has 1 aromatic heterocycles. The van der Waals surface area contributed by atoms with Gasteiger partial charge in [0.25, 0.3) is 0 Å². The summed E-state index contributed by atoms with van der Waals surface area (Å²) in [4.78, 5) is 2.65. The lowest BCUT2D eigenvalue weighted by Gasteiger charge is -2.20. The van der Waals surface area contributed by atoms with Gasteiger partial charge in [0, 0.05) is 19.6 Å². The van der Waals surface area contributed by atoms with Crippen LogP contribution in [0.5, 0.6) is 0 Å². The average molecular weight is 275 g/mol. The van der Waals surface area contributed by atoms with Crippen LogP contribution in [0.3, 0.4) is 0 Å². The van der Waals surface area contributed by atoms with E-state index >= 15 is 0 Å². The molecule has 4 nitrogen and oxygen atoms in total. The molecule has 6 heteroatoms. The van der Waals surface area contributed by atoms with Gasteiger partial charge in [0.1, 0.15) is 0 Å². The number of halogens is 1. The van der Waals surface area contributed by atoms with Crippen molar-refractivity contribution in [3.63, 3.8) is 0 Å². The van der Waals surface area contributed by atoms with Crippen molar-refractivity contribution < 1.29 is 0 Å². The van der Waals surface area contributed by atoms with Crippen LogP contribution < -0.4 is 5.73 Å². The number of aryl methyl sites for hydroxylation is 2. The molecule has 0 radical (unpaired) electrons. The van der Waals surface area contributed by atoms with Gasteiger partial charge in [-0.15, -0.1) is 0 Å². The summed E-state index contributed by atoms with van der Waals surface area (Å²) in [7, 11) is 0. The molecule has 0 bridgehead atoms. The van der Waals surface area contributed by atoms with Gasteiger partial charge in [-0.1, -0.05) is 30.7 Å². The first kappa shape index (κ1) is 14.4. The summed E-state index contributed by atoms with van der Waals surface area (Å²) in [6.45, 7) is 9.07. The van der Waals surface area contributed by atoms with Crippen LogP contribution in [0.15, 0.2) is 0 Å². The lowest BCUT2D eigenvalue weighted by atomic mass is 10.3. The first-order valence-electron chi connectivity index (χ1n) is 5.72. The molecule has 2 N–H and O–H groups in total. The van der Waals surface area contributed by atoms with Crippen LogP contribution in [0.25, 0.3) is 0 Å². The maximum absolute atomic E-state index is 6.26. The van der Waals surface area contributed by atoms with Crippen LogP contribution in [0.1, 0.15) is 25.2 Å². The molecule has 17 heavy (non-hydrogen) atoms. The van der Waals surface area contributed by atoms with Crippen LogP contribution in [-0.4, -0.2) is 32.8 Å². The fraction of sp³-hybridized carbons (Fsp3) is 0.636. The highest BCUT2D eigenvalue weighted by Gasteiger charge is 2.15. The van der Waals surface area contributed by atoms with E-state index in [0.29, 0.717) is 11.5 Å². The SMILES string of the molecule is CCN(CC(N)=S)Cc1c(Cl)c(C)nn1CC. The first-order valence-corrected chi connectivity index (χ1v) is 6.50. The van der Waals surface area contributed by atoms with Gasteiger partial charge in [0.2, 0.25) is 0 Å². The molecule has 1 rings (SSSR count). The Morgan fingerprint density at radius 1 is 1.53 bits per heavy atom. The predicted molar refractivity (Wildman–Crippen MR) is 75.4 cm³/mol. The third kappa shape index (κ3) is 3.66. The summed E-state index contributed by atoms with van der Waals surface area (Å²) >= 11 is 11.2. The number of thiocarbonyl (C=S) groups is 1. The highest BCUT2D eigenvalue weighted by atomic mass is 35.5. The molecule has 0 aromatic carbocycles. The van der Waals surface area contributed by atoms with E-state index in [1.54, 1.807) is 0 Å². The molecular formula is C11H19ClN4S. The minimum Gasteiger partial charge on any atom is -0.392 e. The molecule has 0 amide bonds. The van der Waals surface area contributed by atoms with Crippen molar-refractivity contribution in [1.29, 1.82) is 0 Å². The summed E-state index contributed by atoms with van der Waals surface area (Å²) in [6, 6.07) is 0. The van der Waals surface area contributed by atoms with Gasteiger partial charge in [-0.3, -0.25) is 9.58 Å². The van der Waals surface area contributed by atoms with Gasteiger partial charge < -0.3 is 5.73 Å². The van der Waals surface area contributed by atoms with Gasteiger partial charge in [0.05, 0.1) is 21.4 Å². The minimum atomic E-state index is 0.502. The van der Waals surface area contributed by atoms with Gasteiger partial charge in [-0.25, -0.2) is 0 Å². The molecule has 96 valence electrons. The van der Waals surface area contributed by atoms with E-state index in [4.69, 9.17) is 29.6 Å². The second kappa shape index (κ2) is 6.33. The topological polar surface area (TPSA) is 47.1 Å². The fourth-order valence-electron chi connectivity index (χ4n) is 1.73. The Bertz CT molecular complexity index is 402. The predicted octanol–water partition coefficient (Wildman–Crippen LogP) is 1.97. The first-order chi connectivity index (χ1) is 7.99. The van der Waals surface area contributed by atoms with Crippen molar-refractivity contribution in [2.75, 3.05) is 13.1 Å². The molecular weight excluding hydrogens is 256 g/mol. The number of hydrogen-bond donors (Lipinski definition) is 1. The number of nitrogens with two attached hydrogens (primary N) is 1. The molecule has 1 heterocycles. The van der Waals surface area contributed by atoms with E-state index in [9.17, 15) is 0 Å². The van der Waals surface area contributed by atoms with Crippen LogP contribution in [0.4, 0.5) is 0 Å². The normalized spacial score (nSPS) is 11.1. The van der Waals surface area contributed by atoms with Gasteiger partial charge in [-0.2, -0.15) is 5.10 Å². The Morgan fingerprint density at radius 3 is 2.65 bits per heavy atom. The van der Waals surface area contributed by atoms with Crippen molar-refractivity contribution in [1.82, 2.24) is 14.7 Å². The van der Waals surface area contributed by atoms with Crippen molar-refractivity contribution >= 4 is 28.8 Å². The van der Waals surface area contributed by atoms with Crippen molar-refractivity contribution in [3.8, 4) is 0 Å². The maximum atomic E-state index is 6.26. The largest absolute Gasteiger partial charge is 0.392 e. The maximum Gasteiger partial charge on any atom is 0.0870 e. The highest BCUT2D eigenvalue weighted by molar-refractivity contribution is 7.80. The molecule has 0 fully saturated rings. The zero-order valence-corrected chi connectivity index (χ0v) is 12.1. The Balaban J connectivity index is 2.88. The van der Waals surface area contributed by atoms with Crippen molar-refractivity contribution in [2.24, 2.45) is 5.73 Å². The monoisotopic (exact) mass is 274 g/mol. The number of aromatic nitrogens is 2. The van der Waals surface area contributed by atoms with Crippen LogP contribution >= 0.6 is 23.8 Å². The zero-order chi connectivity index (χ0) is 13.0. The lowest BCUT2D eigenvalue weighted by Crippen LogP contribution is -2.33. The summed E-state index contributed by atoms with van der Waals surface area (Å²) in [5.41, 5.74) is 7.47. The Kier molecular flexibility index (Phi) is 5.36. The van der Waals surface area contributed by atoms with E-state index in [1.165, 1.54) is 0 Å². The molecule has 0 aliphatic heterocycles. The van der Waals surface area contributed by atoms with E-state index in [1.807, 2.05) is 11.6 Å². The highest BCUT2D eigenvalue weighted by Crippen LogP contribution is 2.21. The van der Waals surface area contributed by atoms with Gasteiger partial charge in [0.15, 0.2) is 0 Å². The van der Waals surface area contributed by atoms with Gasteiger partial charge >= 0.3 is 0 Å². The molecule has 0 unspecified atom stereocenters. The quantitative estimate of drug-likeness (QED) is 0.806. The van der Waals surface area contributed by atoms with E-state index in [2.05, 4.69) is 23.8 Å². The Morgan fingerprint density at radius 2 is 2.18 bits per heavy atom. The van der Waals surface area contributed by atoms with Crippen molar-refractivity contribution in [3.05, 3.63) is 16.4 Å². The molecule has 0 saturated heterocycles. The van der Waals surface area contributed by atoms with Crippen LogP contribution in [-0.2, 0) is 13.1 Å². The third-order valence-corrected chi connectivity index (χ3v) is 3.27. The molecule has 0 spiro atoms. The number of nitrogens with zero attached hydrogens (tertiary/aromatic N) is 3. The molecule has 1 aromatic rings. The number of hydrogen-bond acceptors (Lipinski definition) is 3. The summed E-state index contributed by atoms with van der Waals surface area (Å²) < 4.78 is 1.93. The van der Waals surface area contributed by atoms with Gasteiger partial charge in [-0.05, 0) is 20.4 Å². The molecule has 0 atom stereocenters. The number of likely N-dealkylation sites (N-methyl/N-ethyl adjacent to an activating group) is 1. The summed E-state index contributed by atoms with van der Waals surface area (Å²) in [5, 5.41) is 5.13. The minimum absolute atomic E-state index is 0.502. The van der Waals surface area contributed by atoms with E-state index in [-0.39, 0.29) is 0 Å². The second-order valence-corrected chi connectivity index (χ2v) is 4.83. The van der Waals surface area contributed by atoms with E-state index < -0.39 is 0 Å². The number of rotatable bonds is 6. The van der Waals surface area contributed by atoms with Crippen molar-refractivity contribution in [2.45, 2.75) is 33.9 Å². The standard InChI is InChI=1S/C11H19ClN4S/c1-4-15(7-10(13)17)6-9-11(12)8(3)14-16(9)5-2/h4-7H2,1-3H3,(H2,13,17). The van der Waals surface area contributed by atoms with Crippen LogP contribution in [0.2, 0.25) is 5.02 Å². The third-order valence-electron chi connectivity index (χ3n) is 2.65. The Hall–Kier alpha value is -0.650. The smallest absolute Gasteiger partial charge is 0.0870 e. The average Bonchev–Trinajstić information content (AvgIpc) is 2.55. The fourth-order valence-corrected chi connectivity index (χ4v) is 2.11. The second-order valence-electron chi connectivity index (χ2n) is 3.93. The lowest BCUT2D eigenvalue weighted by molar-refractivity contribution is 0.309. The zero-order valence-electron chi connectivity index (χ0n) is 10.5. The Labute approximate surface area is 113 Å². The summed E-state index contributed by atoms with van der Waals surface area (Å²) in [5.74, 6) is 0. The van der Waals surface area contributed by atoms with E-state index in [0.717, 1.165) is 36.0 Å². The van der Waals surface area contributed by atoms with Crippen LogP contribution in [0, 0.1) is 6.92 Å². The molecule has 0 aliphatic carbocycles. The molecule has 0 saturated carbocycles. The summed E-state index contributed by atoms with van der Waals surface area (Å²) in [6.07, 6.45) is 0.